The maximum atomic E-state index is 13.1. The summed E-state index contributed by atoms with van der Waals surface area (Å²) in [6.45, 7) is 4.19. The van der Waals surface area contributed by atoms with Crippen LogP contribution in [0.5, 0.6) is 0 Å². The smallest absolute Gasteiger partial charge is 0.123 e. The molecule has 2 atom stereocenters. The first-order valence-corrected chi connectivity index (χ1v) is 8.33. The Hall–Kier alpha value is -1.32. The topological polar surface area (TPSA) is 26.0 Å². The van der Waals surface area contributed by atoms with E-state index in [0.29, 0.717) is 0 Å². The molecular formula is C18H22FNS. The Balaban J connectivity index is 2.11. The lowest BCUT2D eigenvalue weighted by Gasteiger charge is -2.23. The highest BCUT2D eigenvalue weighted by Gasteiger charge is 2.19. The van der Waals surface area contributed by atoms with Crippen molar-refractivity contribution in [2.75, 3.05) is 0 Å². The van der Waals surface area contributed by atoms with E-state index >= 15 is 0 Å². The van der Waals surface area contributed by atoms with Crippen molar-refractivity contribution in [3.8, 4) is 0 Å². The number of nitrogens with two attached hydrogens (primary N) is 1. The molecule has 0 aliphatic carbocycles. The molecule has 0 aliphatic rings. The molecule has 112 valence electrons. The average Bonchev–Trinajstić information content (AvgIpc) is 2.49. The molecule has 0 amide bonds. The first-order valence-electron chi connectivity index (χ1n) is 7.28. The fraction of sp³-hybridized carbons (Fsp3) is 0.333. The minimum absolute atomic E-state index is 0.0743. The van der Waals surface area contributed by atoms with Gasteiger partial charge < -0.3 is 5.73 Å². The van der Waals surface area contributed by atoms with Crippen molar-refractivity contribution in [3.05, 3.63) is 71.0 Å². The van der Waals surface area contributed by atoms with Crippen LogP contribution in [0.3, 0.4) is 0 Å². The molecule has 0 saturated carbocycles. The van der Waals surface area contributed by atoms with Crippen LogP contribution in [-0.4, -0.2) is 6.04 Å². The van der Waals surface area contributed by atoms with Gasteiger partial charge in [0.15, 0.2) is 0 Å². The quantitative estimate of drug-likeness (QED) is 0.826. The van der Waals surface area contributed by atoms with E-state index in [-0.39, 0.29) is 17.1 Å². The zero-order chi connectivity index (χ0) is 15.2. The summed E-state index contributed by atoms with van der Waals surface area (Å²) in [4.78, 5) is 0. The molecule has 0 aromatic heterocycles. The lowest BCUT2D eigenvalue weighted by Crippen LogP contribution is -2.25. The summed E-state index contributed by atoms with van der Waals surface area (Å²) in [5.74, 6) is 0.712. The van der Waals surface area contributed by atoms with Crippen molar-refractivity contribution in [1.82, 2.24) is 0 Å². The van der Waals surface area contributed by atoms with E-state index in [1.807, 2.05) is 23.9 Å². The van der Waals surface area contributed by atoms with E-state index in [1.54, 1.807) is 0 Å². The number of thioether (sulfide) groups is 1. The largest absolute Gasteiger partial charge is 0.326 e. The van der Waals surface area contributed by atoms with E-state index in [0.717, 1.165) is 17.7 Å². The van der Waals surface area contributed by atoms with E-state index in [1.165, 1.54) is 23.3 Å². The molecule has 3 heteroatoms. The molecule has 0 saturated heterocycles. The minimum Gasteiger partial charge on any atom is -0.326 e. The fourth-order valence-corrected chi connectivity index (χ4v) is 3.66. The molecule has 2 unspecified atom stereocenters. The van der Waals surface area contributed by atoms with Gasteiger partial charge in [0.1, 0.15) is 5.82 Å². The summed E-state index contributed by atoms with van der Waals surface area (Å²) in [5.41, 5.74) is 9.94. The monoisotopic (exact) mass is 303 g/mol. The summed E-state index contributed by atoms with van der Waals surface area (Å²) in [6.07, 6.45) is 0.906. The Kier molecular flexibility index (Phi) is 5.83. The first-order chi connectivity index (χ1) is 10.1. The van der Waals surface area contributed by atoms with Crippen LogP contribution in [0.25, 0.3) is 0 Å². The van der Waals surface area contributed by atoms with Crippen LogP contribution in [0.2, 0.25) is 0 Å². The average molecular weight is 303 g/mol. The summed E-state index contributed by atoms with van der Waals surface area (Å²) < 4.78 is 13.1. The van der Waals surface area contributed by atoms with Gasteiger partial charge in [-0.25, -0.2) is 4.39 Å². The van der Waals surface area contributed by atoms with Gasteiger partial charge in [0.2, 0.25) is 0 Å². The van der Waals surface area contributed by atoms with Crippen molar-refractivity contribution in [3.63, 3.8) is 0 Å². The van der Waals surface area contributed by atoms with E-state index in [4.69, 9.17) is 5.73 Å². The molecule has 0 bridgehead atoms. The summed E-state index contributed by atoms with van der Waals surface area (Å²) in [6, 6.07) is 15.3. The zero-order valence-electron chi connectivity index (χ0n) is 12.6. The van der Waals surface area contributed by atoms with Gasteiger partial charge in [-0.3, -0.25) is 0 Å². The van der Waals surface area contributed by atoms with Crippen molar-refractivity contribution in [1.29, 1.82) is 0 Å². The second-order valence-corrected chi connectivity index (χ2v) is 6.47. The lowest BCUT2D eigenvalue weighted by molar-refractivity contribution is 0.617. The van der Waals surface area contributed by atoms with Gasteiger partial charge in [-0.05, 0) is 36.6 Å². The molecule has 21 heavy (non-hydrogen) atoms. The Labute approximate surface area is 130 Å². The maximum absolute atomic E-state index is 13.1. The molecular weight excluding hydrogens is 281 g/mol. The van der Waals surface area contributed by atoms with Gasteiger partial charge in [0.05, 0.1) is 0 Å². The molecule has 0 fully saturated rings. The molecule has 0 radical (unpaired) electrons. The Morgan fingerprint density at radius 3 is 2.48 bits per heavy atom. The number of benzene rings is 2. The second-order valence-electron chi connectivity index (χ2n) is 5.34. The van der Waals surface area contributed by atoms with Crippen LogP contribution in [0.15, 0.2) is 48.5 Å². The highest BCUT2D eigenvalue weighted by molar-refractivity contribution is 7.98. The van der Waals surface area contributed by atoms with Crippen molar-refractivity contribution >= 4 is 11.8 Å². The highest BCUT2D eigenvalue weighted by atomic mass is 32.2. The Morgan fingerprint density at radius 2 is 1.86 bits per heavy atom. The van der Waals surface area contributed by atoms with Gasteiger partial charge >= 0.3 is 0 Å². The zero-order valence-corrected chi connectivity index (χ0v) is 13.4. The third-order valence-corrected chi connectivity index (χ3v) is 5.05. The first kappa shape index (κ1) is 16.1. The number of aryl methyl sites for hydroxylation is 1. The lowest BCUT2D eigenvalue weighted by atomic mass is 10.0. The molecule has 0 heterocycles. The SMILES string of the molecule is CCC(N)C(SCc1cccc(C)c1)c1ccc(F)cc1. The predicted molar refractivity (Wildman–Crippen MR) is 89.9 cm³/mol. The van der Waals surface area contributed by atoms with Crippen LogP contribution in [0.1, 0.15) is 35.3 Å². The summed E-state index contributed by atoms with van der Waals surface area (Å²) in [7, 11) is 0. The second kappa shape index (κ2) is 7.62. The molecule has 2 rings (SSSR count). The normalized spacial score (nSPS) is 13.9. The van der Waals surface area contributed by atoms with Gasteiger partial charge in [-0.1, -0.05) is 48.9 Å². The molecule has 2 N–H and O–H groups in total. The van der Waals surface area contributed by atoms with Gasteiger partial charge in [-0.2, -0.15) is 0 Å². The summed E-state index contributed by atoms with van der Waals surface area (Å²) in [5, 5.41) is 0.191. The van der Waals surface area contributed by atoms with E-state index < -0.39 is 0 Å². The Morgan fingerprint density at radius 1 is 1.14 bits per heavy atom. The minimum atomic E-state index is -0.203. The van der Waals surface area contributed by atoms with E-state index in [9.17, 15) is 4.39 Å². The molecule has 0 spiro atoms. The van der Waals surface area contributed by atoms with E-state index in [2.05, 4.69) is 38.1 Å². The van der Waals surface area contributed by atoms with Crippen LogP contribution in [-0.2, 0) is 5.75 Å². The highest BCUT2D eigenvalue weighted by Crippen LogP contribution is 2.35. The van der Waals surface area contributed by atoms with Crippen LogP contribution in [0.4, 0.5) is 4.39 Å². The number of halogens is 1. The molecule has 2 aromatic rings. The van der Waals surface area contributed by atoms with Crippen molar-refractivity contribution in [2.24, 2.45) is 5.73 Å². The van der Waals surface area contributed by atoms with Gasteiger partial charge in [0, 0.05) is 17.0 Å². The third-order valence-electron chi connectivity index (χ3n) is 3.57. The number of rotatable bonds is 6. The Bertz CT molecular complexity index is 568. The van der Waals surface area contributed by atoms with Crippen LogP contribution < -0.4 is 5.73 Å². The van der Waals surface area contributed by atoms with Crippen LogP contribution >= 0.6 is 11.8 Å². The molecule has 2 aromatic carbocycles. The molecule has 0 aliphatic heterocycles. The maximum Gasteiger partial charge on any atom is 0.123 e. The third kappa shape index (κ3) is 4.58. The van der Waals surface area contributed by atoms with Gasteiger partial charge in [-0.15, -0.1) is 11.8 Å². The molecule has 1 nitrogen and oxygen atoms in total. The van der Waals surface area contributed by atoms with Crippen molar-refractivity contribution in [2.45, 2.75) is 37.3 Å². The van der Waals surface area contributed by atoms with Crippen molar-refractivity contribution < 1.29 is 4.39 Å². The standard InChI is InChI=1S/C18H22FNS/c1-3-17(20)18(15-7-9-16(19)10-8-15)21-12-14-6-4-5-13(2)11-14/h4-11,17-18H,3,12,20H2,1-2H3. The number of hydrogen-bond acceptors (Lipinski definition) is 2. The van der Waals surface area contributed by atoms with Gasteiger partial charge in [0.25, 0.3) is 0 Å². The van der Waals surface area contributed by atoms with Crippen LogP contribution in [0, 0.1) is 12.7 Å². The fourth-order valence-electron chi connectivity index (χ4n) is 2.32. The predicted octanol–water partition coefficient (Wildman–Crippen LogP) is 4.85. The summed E-state index contributed by atoms with van der Waals surface area (Å²) >= 11 is 1.83. The number of hydrogen-bond donors (Lipinski definition) is 1.